The van der Waals surface area contributed by atoms with Gasteiger partial charge in [-0.05, 0) is 12.5 Å². The van der Waals surface area contributed by atoms with Gasteiger partial charge >= 0.3 is 12.2 Å². The fourth-order valence-corrected chi connectivity index (χ4v) is 3.36. The second-order valence-electron chi connectivity index (χ2n) is 7.15. The molecular formula is C18H19F5N6O2. The fraction of sp³-hybridized carbons (Fsp3) is 0.444. The number of urea groups is 1. The van der Waals surface area contributed by atoms with E-state index in [4.69, 9.17) is 0 Å². The molecule has 2 amide bonds. The first-order chi connectivity index (χ1) is 14.4. The van der Waals surface area contributed by atoms with Crippen LogP contribution in [0.3, 0.4) is 0 Å². The molecule has 0 saturated carbocycles. The molecule has 1 aliphatic heterocycles. The molecule has 2 aromatic rings. The highest BCUT2D eigenvalue weighted by atomic mass is 19.4. The van der Waals surface area contributed by atoms with E-state index in [0.717, 1.165) is 14.1 Å². The van der Waals surface area contributed by atoms with E-state index >= 15 is 0 Å². The molecule has 0 unspecified atom stereocenters. The number of alkyl halides is 5. The van der Waals surface area contributed by atoms with Crippen molar-refractivity contribution in [2.45, 2.75) is 24.6 Å². The average Bonchev–Trinajstić information content (AvgIpc) is 2.69. The van der Waals surface area contributed by atoms with Crippen LogP contribution in [-0.4, -0.2) is 57.6 Å². The Morgan fingerprint density at radius 3 is 2.61 bits per heavy atom. The van der Waals surface area contributed by atoms with Gasteiger partial charge in [0, 0.05) is 39.2 Å². The van der Waals surface area contributed by atoms with E-state index in [1.807, 2.05) is 5.32 Å². The molecule has 0 aromatic carbocycles. The number of piperidine rings is 1. The van der Waals surface area contributed by atoms with Gasteiger partial charge in [-0.1, -0.05) is 0 Å². The Kier molecular flexibility index (Phi) is 5.87. The number of hydrogen-bond donors (Lipinski definition) is 1. The minimum absolute atomic E-state index is 0.131. The molecule has 1 aliphatic rings. The van der Waals surface area contributed by atoms with Crippen LogP contribution in [0.15, 0.2) is 35.6 Å². The van der Waals surface area contributed by atoms with Crippen LogP contribution in [0.1, 0.15) is 12.0 Å². The summed E-state index contributed by atoms with van der Waals surface area (Å²) in [5.41, 5.74) is -2.72. The van der Waals surface area contributed by atoms with Gasteiger partial charge in [-0.2, -0.15) is 13.2 Å². The molecular weight excluding hydrogens is 427 g/mol. The van der Waals surface area contributed by atoms with Gasteiger partial charge in [0.25, 0.3) is 11.5 Å². The number of nitrogens with zero attached hydrogens (tertiary/aromatic N) is 5. The SMILES string of the molecule is CN(C(=O)Nc1cc(C(F)(F)F)cn(C)c1=O)[C@@H]1CCN(c2cnccn2)CC1(F)F. The first kappa shape index (κ1) is 22.4. The molecule has 1 saturated heterocycles. The van der Waals surface area contributed by atoms with Gasteiger partial charge in [0.2, 0.25) is 0 Å². The van der Waals surface area contributed by atoms with Crippen molar-refractivity contribution in [2.24, 2.45) is 7.05 Å². The van der Waals surface area contributed by atoms with E-state index in [-0.39, 0.29) is 18.8 Å². The predicted molar refractivity (Wildman–Crippen MR) is 101 cm³/mol. The van der Waals surface area contributed by atoms with Crippen LogP contribution in [0.4, 0.5) is 38.3 Å². The zero-order valence-corrected chi connectivity index (χ0v) is 16.5. The molecule has 13 heteroatoms. The number of pyridine rings is 1. The normalized spacial score (nSPS) is 18.5. The lowest BCUT2D eigenvalue weighted by Gasteiger charge is -2.42. The van der Waals surface area contributed by atoms with Crippen molar-refractivity contribution in [3.8, 4) is 0 Å². The number of carbonyl (C=O) groups is 1. The second-order valence-corrected chi connectivity index (χ2v) is 7.15. The van der Waals surface area contributed by atoms with Gasteiger partial charge in [-0.3, -0.25) is 9.78 Å². The largest absolute Gasteiger partial charge is 0.417 e. The summed E-state index contributed by atoms with van der Waals surface area (Å²) in [6.45, 7) is -0.568. The van der Waals surface area contributed by atoms with E-state index in [1.165, 1.54) is 23.5 Å². The van der Waals surface area contributed by atoms with Crippen LogP contribution >= 0.6 is 0 Å². The van der Waals surface area contributed by atoms with Crippen molar-refractivity contribution in [2.75, 3.05) is 30.4 Å². The second kappa shape index (κ2) is 8.12. The van der Waals surface area contributed by atoms with Crippen LogP contribution < -0.4 is 15.8 Å². The molecule has 0 aliphatic carbocycles. The minimum Gasteiger partial charge on any atom is -0.349 e. The molecule has 31 heavy (non-hydrogen) atoms. The predicted octanol–water partition coefficient (Wildman–Crippen LogP) is 2.57. The van der Waals surface area contributed by atoms with Gasteiger partial charge < -0.3 is 19.7 Å². The summed E-state index contributed by atoms with van der Waals surface area (Å²) in [6, 6.07) is -2.17. The molecule has 0 radical (unpaired) electrons. The Bertz CT molecular complexity index is 1010. The Balaban J connectivity index is 1.76. The highest BCUT2D eigenvalue weighted by Crippen LogP contribution is 2.33. The number of rotatable bonds is 3. The van der Waals surface area contributed by atoms with Crippen molar-refractivity contribution < 1.29 is 26.7 Å². The molecule has 3 rings (SSSR count). The lowest BCUT2D eigenvalue weighted by atomic mass is 9.99. The Labute approximate surface area is 173 Å². The highest BCUT2D eigenvalue weighted by molar-refractivity contribution is 5.89. The van der Waals surface area contributed by atoms with Crippen LogP contribution in [0.2, 0.25) is 0 Å². The van der Waals surface area contributed by atoms with E-state index in [0.29, 0.717) is 21.7 Å². The summed E-state index contributed by atoms with van der Waals surface area (Å²) in [5.74, 6) is -3.08. The number of amides is 2. The van der Waals surface area contributed by atoms with Crippen molar-refractivity contribution in [1.82, 2.24) is 19.4 Å². The zero-order chi connectivity index (χ0) is 23.0. The maximum absolute atomic E-state index is 14.8. The third-order valence-corrected chi connectivity index (χ3v) is 4.98. The molecule has 0 bridgehead atoms. The number of nitrogens with one attached hydrogen (secondary N) is 1. The number of aryl methyl sites for hydroxylation is 1. The summed E-state index contributed by atoms with van der Waals surface area (Å²) >= 11 is 0. The number of hydrogen-bond acceptors (Lipinski definition) is 5. The fourth-order valence-electron chi connectivity index (χ4n) is 3.36. The molecule has 1 atom stereocenters. The lowest BCUT2D eigenvalue weighted by Crippen LogP contribution is -2.59. The first-order valence-electron chi connectivity index (χ1n) is 9.10. The number of anilines is 2. The standard InChI is InChI=1S/C18H19F5N6O2/c1-27-9-11(18(21,22)23)7-12(15(27)30)26-16(31)28(2)13-3-6-29(10-17(13,19)20)14-8-24-4-5-25-14/h4-5,7-9,13H,3,6,10H2,1-2H3,(H,26,31)/t13-/m1/s1. The molecule has 1 N–H and O–H groups in total. The van der Waals surface area contributed by atoms with Crippen LogP contribution in [-0.2, 0) is 13.2 Å². The summed E-state index contributed by atoms with van der Waals surface area (Å²) in [4.78, 5) is 34.5. The van der Waals surface area contributed by atoms with Crippen LogP contribution in [0, 0.1) is 0 Å². The average molecular weight is 446 g/mol. The molecule has 168 valence electrons. The van der Waals surface area contributed by atoms with Crippen molar-refractivity contribution in [1.29, 1.82) is 0 Å². The molecule has 2 aromatic heterocycles. The number of halogens is 5. The molecule has 1 fully saturated rings. The van der Waals surface area contributed by atoms with Crippen LogP contribution in [0.5, 0.6) is 0 Å². The van der Waals surface area contributed by atoms with E-state index in [1.54, 1.807) is 0 Å². The quantitative estimate of drug-likeness (QED) is 0.733. The Hall–Kier alpha value is -3.25. The Morgan fingerprint density at radius 1 is 1.32 bits per heavy atom. The van der Waals surface area contributed by atoms with Crippen LogP contribution in [0.25, 0.3) is 0 Å². The molecule has 8 nitrogen and oxygen atoms in total. The van der Waals surface area contributed by atoms with E-state index in [2.05, 4.69) is 9.97 Å². The summed E-state index contributed by atoms with van der Waals surface area (Å²) in [5, 5.41) is 2.03. The van der Waals surface area contributed by atoms with Gasteiger partial charge in [-0.25, -0.2) is 18.6 Å². The van der Waals surface area contributed by atoms with Crippen molar-refractivity contribution in [3.63, 3.8) is 0 Å². The third-order valence-electron chi connectivity index (χ3n) is 4.98. The maximum atomic E-state index is 14.8. The van der Waals surface area contributed by atoms with Crippen molar-refractivity contribution in [3.05, 3.63) is 46.8 Å². The maximum Gasteiger partial charge on any atom is 0.417 e. The molecule has 0 spiro atoms. The Morgan fingerprint density at radius 2 is 2.03 bits per heavy atom. The zero-order valence-electron chi connectivity index (χ0n) is 16.5. The van der Waals surface area contributed by atoms with Gasteiger partial charge in [0.05, 0.1) is 18.3 Å². The number of carbonyl (C=O) groups excluding carboxylic acids is 1. The lowest BCUT2D eigenvalue weighted by molar-refractivity contribution is -0.138. The summed E-state index contributed by atoms with van der Waals surface area (Å²) in [6.07, 6.45) is -0.182. The topological polar surface area (TPSA) is 83.4 Å². The number of aromatic nitrogens is 3. The molecule has 3 heterocycles. The van der Waals surface area contributed by atoms with Gasteiger partial charge in [0.1, 0.15) is 17.5 Å². The minimum atomic E-state index is -4.75. The monoisotopic (exact) mass is 446 g/mol. The highest BCUT2D eigenvalue weighted by Gasteiger charge is 2.48. The van der Waals surface area contributed by atoms with Gasteiger partial charge in [0.15, 0.2) is 0 Å². The summed E-state index contributed by atoms with van der Waals surface area (Å²) in [7, 11) is 2.19. The first-order valence-corrected chi connectivity index (χ1v) is 9.10. The van der Waals surface area contributed by atoms with E-state index < -0.39 is 47.5 Å². The summed E-state index contributed by atoms with van der Waals surface area (Å²) < 4.78 is 69.2. The third kappa shape index (κ3) is 4.75. The van der Waals surface area contributed by atoms with E-state index in [9.17, 15) is 31.5 Å². The smallest absolute Gasteiger partial charge is 0.349 e. The van der Waals surface area contributed by atoms with Gasteiger partial charge in [-0.15, -0.1) is 0 Å². The van der Waals surface area contributed by atoms with Crippen molar-refractivity contribution >= 4 is 17.5 Å².